The van der Waals surface area contributed by atoms with Gasteiger partial charge in [-0.15, -0.1) is 6.42 Å². The van der Waals surface area contributed by atoms with E-state index in [1.807, 2.05) is 27.7 Å². The molecule has 0 bridgehead atoms. The van der Waals surface area contributed by atoms with Crippen molar-refractivity contribution >= 4 is 5.97 Å². The number of hydrogen-bond donors (Lipinski definition) is 0. The molecule has 8 heteroatoms. The van der Waals surface area contributed by atoms with E-state index in [1.165, 1.54) is 7.11 Å². The summed E-state index contributed by atoms with van der Waals surface area (Å²) in [7, 11) is 8.17. The van der Waals surface area contributed by atoms with Gasteiger partial charge in [0.15, 0.2) is 6.10 Å². The molecule has 0 aromatic rings. The number of terminal acetylenes is 1. The number of ether oxygens (including phenoxy) is 7. The van der Waals surface area contributed by atoms with E-state index in [1.54, 1.807) is 28.4 Å². The molecule has 2 aliphatic rings. The summed E-state index contributed by atoms with van der Waals surface area (Å²) in [6.07, 6.45) is 6.16. The minimum Gasteiger partial charge on any atom is -0.463 e. The number of cyclic esters (lactones) is 1. The molecule has 8 nitrogen and oxygen atoms in total. The Labute approximate surface area is 182 Å². The molecular formula is C22H42O8. The van der Waals surface area contributed by atoms with Gasteiger partial charge in [0.25, 0.3) is 0 Å². The van der Waals surface area contributed by atoms with Gasteiger partial charge in [0, 0.05) is 47.6 Å². The number of hydrogen-bond acceptors (Lipinski definition) is 8. The van der Waals surface area contributed by atoms with Crippen LogP contribution in [0, 0.1) is 17.8 Å². The van der Waals surface area contributed by atoms with E-state index in [2.05, 4.69) is 10.7 Å². The van der Waals surface area contributed by atoms with Crippen molar-refractivity contribution in [1.82, 2.24) is 0 Å². The van der Waals surface area contributed by atoms with Crippen LogP contribution in [0.2, 0.25) is 0 Å². The SMILES string of the molecule is C#CC(C)OC.COC1C(=O)OCC1(C)C.COC1CCOC1.COCC(C)OC. The molecule has 0 radical (unpaired) electrons. The van der Waals surface area contributed by atoms with Gasteiger partial charge in [-0.05, 0) is 20.3 Å². The Balaban J connectivity index is 0. The van der Waals surface area contributed by atoms with Gasteiger partial charge >= 0.3 is 5.97 Å². The molecule has 0 N–H and O–H groups in total. The summed E-state index contributed by atoms with van der Waals surface area (Å²) in [4.78, 5) is 10.9. The molecule has 4 atom stereocenters. The van der Waals surface area contributed by atoms with Crippen LogP contribution in [-0.2, 0) is 38.0 Å². The van der Waals surface area contributed by atoms with E-state index < -0.39 is 0 Å². The lowest BCUT2D eigenvalue weighted by Gasteiger charge is -2.19. The van der Waals surface area contributed by atoms with E-state index in [0.29, 0.717) is 19.3 Å². The number of carbonyl (C=O) groups excluding carboxylic acids is 1. The molecule has 0 aromatic heterocycles. The maximum atomic E-state index is 10.9. The maximum Gasteiger partial charge on any atom is 0.335 e. The largest absolute Gasteiger partial charge is 0.463 e. The van der Waals surface area contributed by atoms with Crippen LogP contribution in [0.25, 0.3) is 0 Å². The molecule has 30 heavy (non-hydrogen) atoms. The van der Waals surface area contributed by atoms with Gasteiger partial charge in [0.05, 0.1) is 32.0 Å². The van der Waals surface area contributed by atoms with Crippen molar-refractivity contribution in [2.45, 2.75) is 58.5 Å². The van der Waals surface area contributed by atoms with Crippen LogP contribution < -0.4 is 0 Å². The molecule has 2 aliphatic heterocycles. The van der Waals surface area contributed by atoms with E-state index in [0.717, 1.165) is 19.6 Å². The Morgan fingerprint density at radius 3 is 1.93 bits per heavy atom. The Bertz CT molecular complexity index is 455. The topological polar surface area (TPSA) is 81.7 Å². The number of esters is 1. The molecule has 178 valence electrons. The van der Waals surface area contributed by atoms with Crippen molar-refractivity contribution < 1.29 is 38.0 Å². The Morgan fingerprint density at radius 1 is 1.13 bits per heavy atom. The van der Waals surface area contributed by atoms with Gasteiger partial charge < -0.3 is 33.2 Å². The van der Waals surface area contributed by atoms with Crippen LogP contribution in [0.3, 0.4) is 0 Å². The monoisotopic (exact) mass is 434 g/mol. The summed E-state index contributed by atoms with van der Waals surface area (Å²) >= 11 is 0. The predicted molar refractivity (Wildman–Crippen MR) is 115 cm³/mol. The highest BCUT2D eigenvalue weighted by molar-refractivity contribution is 5.77. The molecule has 2 fully saturated rings. The van der Waals surface area contributed by atoms with E-state index in [9.17, 15) is 4.79 Å². The molecule has 2 rings (SSSR count). The summed E-state index contributed by atoms with van der Waals surface area (Å²) in [6, 6.07) is 0. The van der Waals surface area contributed by atoms with Gasteiger partial charge in [-0.25, -0.2) is 4.79 Å². The van der Waals surface area contributed by atoms with Crippen LogP contribution in [-0.4, -0.2) is 92.4 Å². The van der Waals surface area contributed by atoms with Gasteiger partial charge in [0.1, 0.15) is 6.10 Å². The summed E-state index contributed by atoms with van der Waals surface area (Å²) in [5, 5.41) is 0. The van der Waals surface area contributed by atoms with Crippen molar-refractivity contribution in [2.24, 2.45) is 5.41 Å². The first-order valence-electron chi connectivity index (χ1n) is 9.93. The summed E-state index contributed by atoms with van der Waals surface area (Å²) in [5.74, 6) is 2.15. The number of methoxy groups -OCH3 is 5. The number of carbonyl (C=O) groups is 1. The first kappa shape index (κ1) is 31.0. The second kappa shape index (κ2) is 18.6. The third-order valence-corrected chi connectivity index (χ3v) is 4.36. The summed E-state index contributed by atoms with van der Waals surface area (Å²) in [6.45, 7) is 10.5. The highest BCUT2D eigenvalue weighted by atomic mass is 16.6. The molecule has 0 aliphatic carbocycles. The first-order valence-corrected chi connectivity index (χ1v) is 9.93. The lowest BCUT2D eigenvalue weighted by molar-refractivity contribution is -0.146. The fraction of sp³-hybridized carbons (Fsp3) is 0.864. The maximum absolute atomic E-state index is 10.9. The molecule has 2 saturated heterocycles. The minimum atomic E-state index is -0.382. The Kier molecular flexibility index (Phi) is 19.2. The molecule has 2 heterocycles. The molecule has 0 saturated carbocycles. The van der Waals surface area contributed by atoms with Crippen molar-refractivity contribution in [3.63, 3.8) is 0 Å². The van der Waals surface area contributed by atoms with E-state index in [-0.39, 0.29) is 29.7 Å². The third kappa shape index (κ3) is 14.7. The van der Waals surface area contributed by atoms with Crippen LogP contribution >= 0.6 is 0 Å². The van der Waals surface area contributed by atoms with Crippen LogP contribution in [0.15, 0.2) is 0 Å². The quantitative estimate of drug-likeness (QED) is 0.465. The lowest BCUT2D eigenvalue weighted by Crippen LogP contribution is -2.31. The van der Waals surface area contributed by atoms with Gasteiger partial charge in [0.2, 0.25) is 0 Å². The second-order valence-electron chi connectivity index (χ2n) is 7.48. The summed E-state index contributed by atoms with van der Waals surface area (Å²) < 4.78 is 34.1. The molecule has 0 amide bonds. The standard InChI is InChI=1S/C7H12O3.C5H10O2.C5H12O2.C5H8O/c1-7(2)4-10-6(8)5(7)9-3;1-6-5-2-3-7-4-5;1-5(7-3)4-6-2;1-4-5(2)6-3/h5H,4H2,1-3H3;5H,2-4H2,1H3;5H,4H2,1-3H3;1,5H,2-3H3. The third-order valence-electron chi connectivity index (χ3n) is 4.36. The first-order chi connectivity index (χ1) is 14.1. The molecular weight excluding hydrogens is 392 g/mol. The molecule has 4 unspecified atom stereocenters. The van der Waals surface area contributed by atoms with Crippen LogP contribution in [0.4, 0.5) is 0 Å². The average molecular weight is 435 g/mol. The normalized spacial score (nSPS) is 23.3. The molecule has 0 aromatic carbocycles. The van der Waals surface area contributed by atoms with Gasteiger partial charge in [-0.2, -0.15) is 0 Å². The van der Waals surface area contributed by atoms with Crippen molar-refractivity contribution in [2.75, 3.05) is 62.0 Å². The van der Waals surface area contributed by atoms with Crippen molar-refractivity contribution in [3.8, 4) is 12.3 Å². The minimum absolute atomic E-state index is 0.0370. The fourth-order valence-electron chi connectivity index (χ4n) is 2.21. The second-order valence-corrected chi connectivity index (χ2v) is 7.48. The fourth-order valence-corrected chi connectivity index (χ4v) is 2.21. The Morgan fingerprint density at radius 2 is 1.77 bits per heavy atom. The van der Waals surface area contributed by atoms with E-state index >= 15 is 0 Å². The zero-order chi connectivity index (χ0) is 23.6. The lowest BCUT2D eigenvalue weighted by atomic mass is 9.90. The van der Waals surface area contributed by atoms with Crippen molar-refractivity contribution in [3.05, 3.63) is 0 Å². The van der Waals surface area contributed by atoms with Gasteiger partial charge in [-0.1, -0.05) is 19.8 Å². The van der Waals surface area contributed by atoms with E-state index in [4.69, 9.17) is 34.8 Å². The van der Waals surface area contributed by atoms with Crippen molar-refractivity contribution in [1.29, 1.82) is 0 Å². The highest BCUT2D eigenvalue weighted by Gasteiger charge is 2.43. The van der Waals surface area contributed by atoms with Crippen LogP contribution in [0.1, 0.15) is 34.1 Å². The smallest absolute Gasteiger partial charge is 0.335 e. The average Bonchev–Trinajstić information content (AvgIpc) is 3.36. The highest BCUT2D eigenvalue weighted by Crippen LogP contribution is 2.30. The Hall–Kier alpha value is -1.21. The zero-order valence-electron chi connectivity index (χ0n) is 20.2. The molecule has 0 spiro atoms. The zero-order valence-corrected chi connectivity index (χ0v) is 20.2. The van der Waals surface area contributed by atoms with Crippen LogP contribution in [0.5, 0.6) is 0 Å². The predicted octanol–water partition coefficient (Wildman–Crippen LogP) is 2.33. The van der Waals surface area contributed by atoms with Gasteiger partial charge in [-0.3, -0.25) is 0 Å². The summed E-state index contributed by atoms with van der Waals surface area (Å²) in [5.41, 5.74) is -0.161. The number of rotatable bonds is 6.